The van der Waals surface area contributed by atoms with Crippen LogP contribution in [0.1, 0.15) is 71.4 Å². The Balaban J connectivity index is 1.58. The van der Waals surface area contributed by atoms with Gasteiger partial charge in [0.1, 0.15) is 17.2 Å². The average molecular weight is 403 g/mol. The Morgan fingerprint density at radius 3 is 2.17 bits per heavy atom. The molecule has 0 saturated heterocycles. The first-order valence-corrected chi connectivity index (χ1v) is 10.9. The summed E-state index contributed by atoms with van der Waals surface area (Å²) >= 11 is 0. The fourth-order valence-electron chi connectivity index (χ4n) is 4.69. The smallest absolute Gasteiger partial charge is 0.122 e. The van der Waals surface area contributed by atoms with E-state index in [-0.39, 0.29) is 5.75 Å². The van der Waals surface area contributed by atoms with Gasteiger partial charge in [0.15, 0.2) is 0 Å². The Morgan fingerprint density at radius 2 is 1.43 bits per heavy atom. The van der Waals surface area contributed by atoms with Gasteiger partial charge in [-0.2, -0.15) is 0 Å². The van der Waals surface area contributed by atoms with Crippen molar-refractivity contribution in [1.29, 1.82) is 0 Å². The minimum Gasteiger partial charge on any atom is -0.508 e. The highest BCUT2D eigenvalue weighted by atomic mass is 16.3. The summed E-state index contributed by atoms with van der Waals surface area (Å²) in [6.07, 6.45) is 7.48. The van der Waals surface area contributed by atoms with Crippen LogP contribution < -0.4 is 0 Å². The van der Waals surface area contributed by atoms with Crippen molar-refractivity contribution < 1.29 is 15.3 Å². The molecule has 0 bridgehead atoms. The molecule has 3 nitrogen and oxygen atoms in total. The molecule has 0 aromatic heterocycles. The lowest BCUT2D eigenvalue weighted by molar-refractivity contribution is 0.414. The number of phenolic OH excluding ortho intramolecular Hbond substituents is 3. The lowest BCUT2D eigenvalue weighted by Crippen LogP contribution is -2.05. The van der Waals surface area contributed by atoms with Crippen molar-refractivity contribution >= 4 is 0 Å². The number of benzene rings is 3. The van der Waals surface area contributed by atoms with Crippen LogP contribution in [-0.4, -0.2) is 15.3 Å². The van der Waals surface area contributed by atoms with E-state index < -0.39 is 0 Å². The van der Waals surface area contributed by atoms with Crippen molar-refractivity contribution in [2.75, 3.05) is 0 Å². The van der Waals surface area contributed by atoms with Gasteiger partial charge in [-0.05, 0) is 83.7 Å². The third kappa shape index (κ3) is 4.62. The first kappa shape index (κ1) is 20.3. The van der Waals surface area contributed by atoms with Crippen molar-refractivity contribution in [3.63, 3.8) is 0 Å². The van der Waals surface area contributed by atoms with Gasteiger partial charge in [-0.25, -0.2) is 0 Å². The highest BCUT2D eigenvalue weighted by Crippen LogP contribution is 2.38. The molecule has 0 atom stereocenters. The Morgan fingerprint density at radius 1 is 0.733 bits per heavy atom. The fourth-order valence-corrected chi connectivity index (χ4v) is 4.69. The number of hydrogen-bond donors (Lipinski definition) is 3. The first-order chi connectivity index (χ1) is 14.5. The van der Waals surface area contributed by atoms with E-state index in [2.05, 4.69) is 12.1 Å². The molecule has 30 heavy (non-hydrogen) atoms. The van der Waals surface area contributed by atoms with Gasteiger partial charge in [-0.1, -0.05) is 55.7 Å². The molecule has 1 fully saturated rings. The molecule has 3 heteroatoms. The molecule has 1 saturated carbocycles. The molecule has 1 aliphatic carbocycles. The predicted octanol–water partition coefficient (Wildman–Crippen LogP) is 6.34. The number of aryl methyl sites for hydroxylation is 1. The zero-order valence-corrected chi connectivity index (χ0v) is 17.6. The summed E-state index contributed by atoms with van der Waals surface area (Å²) in [5.74, 6) is 1.46. The molecule has 3 aromatic rings. The normalized spacial score (nSPS) is 14.7. The Bertz CT molecular complexity index is 1020. The molecular formula is C27H30O3. The van der Waals surface area contributed by atoms with E-state index in [4.69, 9.17) is 0 Å². The van der Waals surface area contributed by atoms with E-state index in [0.717, 1.165) is 47.1 Å². The standard InChI is InChI=1S/C27H30O3/c1-18-13-21(16-23(27(18)30)15-19-7-10-24(28)11-8-19)14-20-9-12-26(29)25(17-20)22-5-3-2-4-6-22/h7-13,16-17,22,28-30H,2-6,14-15H2,1H3. The summed E-state index contributed by atoms with van der Waals surface area (Å²) < 4.78 is 0. The van der Waals surface area contributed by atoms with Crippen LogP contribution in [0, 0.1) is 6.92 Å². The molecule has 0 amide bonds. The number of hydrogen-bond acceptors (Lipinski definition) is 3. The van der Waals surface area contributed by atoms with Crippen molar-refractivity contribution in [3.8, 4) is 17.2 Å². The summed E-state index contributed by atoms with van der Waals surface area (Å²) in [5.41, 5.74) is 6.24. The summed E-state index contributed by atoms with van der Waals surface area (Å²) in [7, 11) is 0. The second-order valence-electron chi connectivity index (χ2n) is 8.67. The minimum absolute atomic E-state index is 0.244. The zero-order valence-electron chi connectivity index (χ0n) is 17.6. The number of rotatable bonds is 5. The Hall–Kier alpha value is -2.94. The van der Waals surface area contributed by atoms with Gasteiger partial charge in [0, 0.05) is 6.42 Å². The van der Waals surface area contributed by atoms with Gasteiger partial charge in [-0.3, -0.25) is 0 Å². The van der Waals surface area contributed by atoms with Crippen LogP contribution in [0.5, 0.6) is 17.2 Å². The zero-order chi connectivity index (χ0) is 21.1. The van der Waals surface area contributed by atoms with Crippen molar-refractivity contribution in [2.45, 2.75) is 57.8 Å². The average Bonchev–Trinajstić information content (AvgIpc) is 2.75. The van der Waals surface area contributed by atoms with Crippen LogP contribution in [0.15, 0.2) is 54.6 Å². The summed E-state index contributed by atoms with van der Waals surface area (Å²) in [5, 5.41) is 30.5. The van der Waals surface area contributed by atoms with Crippen LogP contribution in [0.3, 0.4) is 0 Å². The fraction of sp³-hybridized carbons (Fsp3) is 0.333. The molecule has 0 spiro atoms. The third-order valence-corrected chi connectivity index (χ3v) is 6.32. The summed E-state index contributed by atoms with van der Waals surface area (Å²) in [4.78, 5) is 0. The first-order valence-electron chi connectivity index (χ1n) is 10.9. The maximum Gasteiger partial charge on any atom is 0.122 e. The van der Waals surface area contributed by atoms with Crippen molar-refractivity contribution in [3.05, 3.63) is 88.0 Å². The van der Waals surface area contributed by atoms with E-state index in [0.29, 0.717) is 23.8 Å². The summed E-state index contributed by atoms with van der Waals surface area (Å²) in [6.45, 7) is 1.93. The molecular weight excluding hydrogens is 372 g/mol. The van der Waals surface area contributed by atoms with Gasteiger partial charge >= 0.3 is 0 Å². The molecule has 3 aromatic carbocycles. The molecule has 0 unspecified atom stereocenters. The quantitative estimate of drug-likeness (QED) is 0.466. The van der Waals surface area contributed by atoms with Crippen LogP contribution in [0.2, 0.25) is 0 Å². The maximum atomic E-state index is 10.6. The highest BCUT2D eigenvalue weighted by molar-refractivity contribution is 5.48. The van der Waals surface area contributed by atoms with Gasteiger partial charge in [0.2, 0.25) is 0 Å². The van der Waals surface area contributed by atoms with Gasteiger partial charge in [0.05, 0.1) is 0 Å². The lowest BCUT2D eigenvalue weighted by atomic mass is 9.83. The van der Waals surface area contributed by atoms with Gasteiger partial charge in [-0.15, -0.1) is 0 Å². The van der Waals surface area contributed by atoms with E-state index in [9.17, 15) is 15.3 Å². The van der Waals surface area contributed by atoms with Crippen LogP contribution in [0.25, 0.3) is 0 Å². The number of phenols is 3. The second-order valence-corrected chi connectivity index (χ2v) is 8.67. The molecule has 3 N–H and O–H groups in total. The largest absolute Gasteiger partial charge is 0.508 e. The van der Waals surface area contributed by atoms with Crippen LogP contribution in [-0.2, 0) is 12.8 Å². The molecule has 4 rings (SSSR count). The van der Waals surface area contributed by atoms with Gasteiger partial charge < -0.3 is 15.3 Å². The Labute approximate surface area is 178 Å². The molecule has 0 heterocycles. The minimum atomic E-state index is 0.244. The summed E-state index contributed by atoms with van der Waals surface area (Å²) in [6, 6.07) is 17.2. The highest BCUT2D eigenvalue weighted by Gasteiger charge is 2.19. The molecule has 156 valence electrons. The predicted molar refractivity (Wildman–Crippen MR) is 120 cm³/mol. The van der Waals surface area contributed by atoms with Crippen LogP contribution in [0.4, 0.5) is 0 Å². The second kappa shape index (κ2) is 8.83. The number of aromatic hydroxyl groups is 3. The van der Waals surface area contributed by atoms with Crippen molar-refractivity contribution in [1.82, 2.24) is 0 Å². The maximum absolute atomic E-state index is 10.6. The van der Waals surface area contributed by atoms with Gasteiger partial charge in [0.25, 0.3) is 0 Å². The van der Waals surface area contributed by atoms with E-state index in [1.165, 1.54) is 24.8 Å². The molecule has 0 aliphatic heterocycles. The van der Waals surface area contributed by atoms with E-state index in [1.54, 1.807) is 12.1 Å². The van der Waals surface area contributed by atoms with Crippen molar-refractivity contribution in [2.24, 2.45) is 0 Å². The third-order valence-electron chi connectivity index (χ3n) is 6.32. The Kier molecular flexibility index (Phi) is 5.98. The topological polar surface area (TPSA) is 60.7 Å². The molecule has 1 aliphatic rings. The monoisotopic (exact) mass is 402 g/mol. The van der Waals surface area contributed by atoms with E-state index >= 15 is 0 Å². The lowest BCUT2D eigenvalue weighted by Gasteiger charge is -2.23. The van der Waals surface area contributed by atoms with E-state index in [1.807, 2.05) is 37.3 Å². The molecule has 0 radical (unpaired) electrons. The SMILES string of the molecule is Cc1cc(Cc2ccc(O)c(C3CCCCC3)c2)cc(Cc2ccc(O)cc2)c1O. The van der Waals surface area contributed by atoms with Crippen LogP contribution >= 0.6 is 0 Å².